The van der Waals surface area contributed by atoms with Crippen molar-refractivity contribution < 1.29 is 19.1 Å². The van der Waals surface area contributed by atoms with Gasteiger partial charge in [0.25, 0.3) is 5.91 Å². The van der Waals surface area contributed by atoms with E-state index in [1.807, 2.05) is 23.6 Å². The second-order valence-electron chi connectivity index (χ2n) is 4.92. The molecule has 2 aromatic carbocycles. The maximum atomic E-state index is 12.4. The van der Waals surface area contributed by atoms with E-state index in [1.165, 1.54) is 6.07 Å². The number of fused-ring (bicyclic) bond motifs is 1. The van der Waals surface area contributed by atoms with Gasteiger partial charge in [0.2, 0.25) is 5.91 Å². The summed E-state index contributed by atoms with van der Waals surface area (Å²) in [6, 6.07) is 13.7. The van der Waals surface area contributed by atoms with Crippen LogP contribution in [0.4, 0.5) is 5.69 Å². The number of carbonyl (C=O) groups is 3. The van der Waals surface area contributed by atoms with Crippen LogP contribution in [-0.2, 0) is 9.59 Å². The Morgan fingerprint density at radius 1 is 1.09 bits per heavy atom. The zero-order valence-electron chi connectivity index (χ0n) is 11.9. The highest BCUT2D eigenvalue weighted by molar-refractivity contribution is 6.30. The monoisotopic (exact) mass is 311 g/mol. The number of nitrogens with one attached hydrogen (secondary N) is 2. The molecule has 116 valence electrons. The summed E-state index contributed by atoms with van der Waals surface area (Å²) < 4.78 is 5.65. The third-order valence-electron chi connectivity index (χ3n) is 3.42. The Kier molecular flexibility index (Phi) is 3.78. The number of benzene rings is 2. The van der Waals surface area contributed by atoms with Gasteiger partial charge in [-0.2, -0.15) is 0 Å². The zero-order valence-corrected chi connectivity index (χ0v) is 11.9. The van der Waals surface area contributed by atoms with Gasteiger partial charge in [0, 0.05) is 5.56 Å². The van der Waals surface area contributed by atoms with E-state index in [2.05, 4.69) is 5.32 Å². The molecular formula is C16H13N3O4. The van der Waals surface area contributed by atoms with Crippen LogP contribution in [-0.4, -0.2) is 17.6 Å². The molecule has 2 aromatic rings. The number of amides is 2. The zero-order chi connectivity index (χ0) is 16.4. The van der Waals surface area contributed by atoms with Crippen LogP contribution in [0.5, 0.6) is 11.5 Å². The molecule has 1 atom stereocenters. The molecule has 7 heteroatoms. The Balaban J connectivity index is 1.93. The first-order chi connectivity index (χ1) is 11.1. The fraction of sp³-hybridized carbons (Fsp3) is 0.0625. The van der Waals surface area contributed by atoms with Crippen molar-refractivity contribution in [3.8, 4) is 11.5 Å². The Morgan fingerprint density at radius 3 is 2.52 bits per heavy atom. The number of hydrogen-bond donors (Lipinski definition) is 3. The molecule has 1 unspecified atom stereocenters. The second-order valence-corrected chi connectivity index (χ2v) is 4.92. The predicted octanol–water partition coefficient (Wildman–Crippen LogP) is 1.22. The number of para-hydroxylation sites is 1. The number of Topliss-reactive ketones (excluding diaryl/α,β-unsaturated/α-hetero) is 1. The van der Waals surface area contributed by atoms with Crippen molar-refractivity contribution in [1.82, 2.24) is 5.43 Å². The van der Waals surface area contributed by atoms with Crippen molar-refractivity contribution in [1.29, 1.82) is 0 Å². The SMILES string of the molecule is NNC(=O)C1C(=O)Nc2ccc(Oc3ccccc3)cc2C1=O. The van der Waals surface area contributed by atoms with E-state index in [1.54, 1.807) is 24.3 Å². The molecule has 1 heterocycles. The van der Waals surface area contributed by atoms with Gasteiger partial charge in [-0.15, -0.1) is 0 Å². The average molecular weight is 311 g/mol. The molecule has 0 radical (unpaired) electrons. The van der Waals surface area contributed by atoms with Crippen LogP contribution in [0.2, 0.25) is 0 Å². The second kappa shape index (κ2) is 5.90. The molecule has 0 spiro atoms. The van der Waals surface area contributed by atoms with Gasteiger partial charge in [-0.25, -0.2) is 5.84 Å². The lowest BCUT2D eigenvalue weighted by Gasteiger charge is -2.22. The van der Waals surface area contributed by atoms with Crippen molar-refractivity contribution in [2.45, 2.75) is 0 Å². The molecule has 1 aliphatic heterocycles. The summed E-state index contributed by atoms with van der Waals surface area (Å²) in [5, 5.41) is 2.51. The molecule has 0 saturated carbocycles. The number of ether oxygens (including phenoxy) is 1. The summed E-state index contributed by atoms with van der Waals surface area (Å²) in [7, 11) is 0. The van der Waals surface area contributed by atoms with Crippen LogP contribution < -0.4 is 21.3 Å². The highest BCUT2D eigenvalue weighted by Crippen LogP contribution is 2.31. The molecule has 4 N–H and O–H groups in total. The van der Waals surface area contributed by atoms with Crippen LogP contribution in [0.1, 0.15) is 10.4 Å². The quantitative estimate of drug-likeness (QED) is 0.342. The van der Waals surface area contributed by atoms with E-state index < -0.39 is 23.5 Å². The molecule has 2 amide bonds. The molecule has 7 nitrogen and oxygen atoms in total. The fourth-order valence-electron chi connectivity index (χ4n) is 2.33. The third kappa shape index (κ3) is 2.77. The maximum absolute atomic E-state index is 12.4. The summed E-state index contributed by atoms with van der Waals surface area (Å²) in [6.45, 7) is 0. The minimum atomic E-state index is -1.50. The van der Waals surface area contributed by atoms with Crippen LogP contribution in [0.15, 0.2) is 48.5 Å². The number of carbonyl (C=O) groups excluding carboxylic acids is 3. The molecule has 23 heavy (non-hydrogen) atoms. The molecule has 0 fully saturated rings. The van der Waals surface area contributed by atoms with Gasteiger partial charge in [-0.3, -0.25) is 19.8 Å². The normalized spacial score (nSPS) is 16.3. The topological polar surface area (TPSA) is 111 Å². The van der Waals surface area contributed by atoms with Gasteiger partial charge in [0.15, 0.2) is 11.7 Å². The lowest BCUT2D eigenvalue weighted by atomic mass is 9.91. The van der Waals surface area contributed by atoms with Gasteiger partial charge in [-0.05, 0) is 30.3 Å². The summed E-state index contributed by atoms with van der Waals surface area (Å²) in [5.74, 6) is 2.37. The van der Waals surface area contributed by atoms with E-state index >= 15 is 0 Å². The average Bonchev–Trinajstić information content (AvgIpc) is 2.56. The molecular weight excluding hydrogens is 298 g/mol. The largest absolute Gasteiger partial charge is 0.457 e. The number of anilines is 1. The minimum absolute atomic E-state index is 0.201. The Bertz CT molecular complexity index is 789. The summed E-state index contributed by atoms with van der Waals surface area (Å²) >= 11 is 0. The van der Waals surface area contributed by atoms with Crippen molar-refractivity contribution >= 4 is 23.3 Å². The van der Waals surface area contributed by atoms with Gasteiger partial charge >= 0.3 is 0 Å². The van der Waals surface area contributed by atoms with E-state index in [4.69, 9.17) is 10.6 Å². The van der Waals surface area contributed by atoms with Crippen LogP contribution >= 0.6 is 0 Å². The van der Waals surface area contributed by atoms with Crippen molar-refractivity contribution in [2.24, 2.45) is 11.8 Å². The molecule has 0 aromatic heterocycles. The number of ketones is 1. The molecule has 0 saturated heterocycles. The van der Waals surface area contributed by atoms with Crippen molar-refractivity contribution in [2.75, 3.05) is 5.32 Å². The Hall–Kier alpha value is -3.19. The van der Waals surface area contributed by atoms with E-state index in [0.717, 1.165) is 0 Å². The Labute approximate surface area is 131 Å². The first-order valence-electron chi connectivity index (χ1n) is 6.82. The summed E-state index contributed by atoms with van der Waals surface area (Å²) in [4.78, 5) is 35.9. The number of hydrogen-bond acceptors (Lipinski definition) is 5. The Morgan fingerprint density at radius 2 is 1.83 bits per heavy atom. The van der Waals surface area contributed by atoms with Crippen LogP contribution in [0, 0.1) is 5.92 Å². The molecule has 3 rings (SSSR count). The first-order valence-corrected chi connectivity index (χ1v) is 6.82. The van der Waals surface area contributed by atoms with Gasteiger partial charge < -0.3 is 10.1 Å². The molecule has 0 aliphatic carbocycles. The van der Waals surface area contributed by atoms with Crippen LogP contribution in [0.25, 0.3) is 0 Å². The van der Waals surface area contributed by atoms with E-state index in [0.29, 0.717) is 17.2 Å². The molecule has 0 bridgehead atoms. The molecule has 1 aliphatic rings. The van der Waals surface area contributed by atoms with Crippen molar-refractivity contribution in [3.63, 3.8) is 0 Å². The lowest BCUT2D eigenvalue weighted by Crippen LogP contribution is -2.47. The van der Waals surface area contributed by atoms with Crippen LogP contribution in [0.3, 0.4) is 0 Å². The van der Waals surface area contributed by atoms with Gasteiger partial charge in [0.05, 0.1) is 5.69 Å². The highest BCUT2D eigenvalue weighted by atomic mass is 16.5. The highest BCUT2D eigenvalue weighted by Gasteiger charge is 2.39. The first kappa shape index (κ1) is 14.7. The summed E-state index contributed by atoms with van der Waals surface area (Å²) in [5.41, 5.74) is 2.36. The smallest absolute Gasteiger partial charge is 0.254 e. The van der Waals surface area contributed by atoms with E-state index in [-0.39, 0.29) is 5.56 Å². The number of rotatable bonds is 3. The maximum Gasteiger partial charge on any atom is 0.254 e. The standard InChI is InChI=1S/C16H13N3O4/c17-19-16(22)13-14(20)11-8-10(6-7-12(11)18-15(13)21)23-9-4-2-1-3-5-9/h1-8,13H,17H2,(H,18,21)(H,19,22). The van der Waals surface area contributed by atoms with Gasteiger partial charge in [-0.1, -0.05) is 18.2 Å². The minimum Gasteiger partial charge on any atom is -0.457 e. The number of nitrogens with two attached hydrogens (primary N) is 1. The van der Waals surface area contributed by atoms with Gasteiger partial charge in [0.1, 0.15) is 11.5 Å². The third-order valence-corrected chi connectivity index (χ3v) is 3.42. The lowest BCUT2D eigenvalue weighted by molar-refractivity contribution is -0.130. The number of hydrazine groups is 1. The van der Waals surface area contributed by atoms with E-state index in [9.17, 15) is 14.4 Å². The van der Waals surface area contributed by atoms with Crippen molar-refractivity contribution in [3.05, 3.63) is 54.1 Å². The fourth-order valence-corrected chi connectivity index (χ4v) is 2.33. The predicted molar refractivity (Wildman–Crippen MR) is 81.7 cm³/mol. The summed E-state index contributed by atoms with van der Waals surface area (Å²) in [6.07, 6.45) is 0.